The highest BCUT2D eigenvalue weighted by Gasteiger charge is 2.10. The molecule has 122 valence electrons. The van der Waals surface area contributed by atoms with Gasteiger partial charge in [0.25, 0.3) is 0 Å². The Morgan fingerprint density at radius 3 is 2.88 bits per heavy atom. The Morgan fingerprint density at radius 1 is 1.25 bits per heavy atom. The molecule has 2 aromatic carbocycles. The average Bonchev–Trinajstić information content (AvgIpc) is 3.05. The van der Waals surface area contributed by atoms with Gasteiger partial charge in [-0.15, -0.1) is 11.3 Å². The summed E-state index contributed by atoms with van der Waals surface area (Å²) in [5.41, 5.74) is 2.53. The fourth-order valence-corrected chi connectivity index (χ4v) is 3.16. The summed E-state index contributed by atoms with van der Waals surface area (Å²) in [4.78, 5) is 16.6. The zero-order valence-electron chi connectivity index (χ0n) is 13.0. The highest BCUT2D eigenvalue weighted by molar-refractivity contribution is 7.14. The molecule has 0 aliphatic carbocycles. The van der Waals surface area contributed by atoms with Crippen LogP contribution in [0.2, 0.25) is 5.02 Å². The fraction of sp³-hybridized carbons (Fsp3) is 0.111. The normalized spacial score (nSPS) is 10.4. The number of hydrogen-bond acceptors (Lipinski definition) is 4. The Morgan fingerprint density at radius 2 is 2.08 bits per heavy atom. The Labute approximate surface area is 149 Å². The van der Waals surface area contributed by atoms with Crippen LogP contribution in [0.4, 0.5) is 5.13 Å². The van der Waals surface area contributed by atoms with Crippen LogP contribution < -0.4 is 10.1 Å². The van der Waals surface area contributed by atoms with Crippen LogP contribution in [-0.2, 0) is 11.2 Å². The predicted octanol–water partition coefficient (Wildman–Crippen LogP) is 4.65. The fourth-order valence-electron chi connectivity index (χ4n) is 2.22. The molecule has 24 heavy (non-hydrogen) atoms. The topological polar surface area (TPSA) is 51.2 Å². The van der Waals surface area contributed by atoms with Crippen molar-refractivity contribution in [1.82, 2.24) is 4.98 Å². The minimum Gasteiger partial charge on any atom is -0.497 e. The monoisotopic (exact) mass is 358 g/mol. The van der Waals surface area contributed by atoms with E-state index in [2.05, 4.69) is 10.3 Å². The van der Waals surface area contributed by atoms with E-state index in [1.807, 2.05) is 47.8 Å². The van der Waals surface area contributed by atoms with Crippen LogP contribution in [-0.4, -0.2) is 18.0 Å². The summed E-state index contributed by atoms with van der Waals surface area (Å²) in [7, 11) is 1.63. The molecule has 3 aromatic rings. The van der Waals surface area contributed by atoms with Gasteiger partial charge in [-0.3, -0.25) is 4.79 Å². The standard InChI is InChI=1S/C18H15ClN2O2S/c1-23-14-7-4-6-13(9-14)16-11-24-18(20-16)21-17(22)10-12-5-2-3-8-15(12)19/h2-9,11H,10H2,1H3,(H,20,21,22). The summed E-state index contributed by atoms with van der Waals surface area (Å²) >= 11 is 7.46. The number of carbonyl (C=O) groups excluding carboxylic acids is 1. The van der Waals surface area contributed by atoms with Crippen LogP contribution in [0.15, 0.2) is 53.9 Å². The van der Waals surface area contributed by atoms with E-state index in [0.29, 0.717) is 10.2 Å². The van der Waals surface area contributed by atoms with Gasteiger partial charge in [-0.05, 0) is 23.8 Å². The number of carbonyl (C=O) groups is 1. The number of methoxy groups -OCH3 is 1. The quantitative estimate of drug-likeness (QED) is 0.722. The number of halogens is 1. The molecule has 0 atom stereocenters. The molecule has 3 rings (SSSR count). The number of nitrogens with zero attached hydrogens (tertiary/aromatic N) is 1. The van der Waals surface area contributed by atoms with Crippen molar-refractivity contribution in [1.29, 1.82) is 0 Å². The van der Waals surface area contributed by atoms with Crippen molar-refractivity contribution < 1.29 is 9.53 Å². The van der Waals surface area contributed by atoms with E-state index in [4.69, 9.17) is 16.3 Å². The Hall–Kier alpha value is -2.37. The molecule has 4 nitrogen and oxygen atoms in total. The number of benzene rings is 2. The summed E-state index contributed by atoms with van der Waals surface area (Å²) in [5.74, 6) is 0.624. The number of anilines is 1. The van der Waals surface area contributed by atoms with Crippen LogP contribution in [0.25, 0.3) is 11.3 Å². The third-order valence-electron chi connectivity index (χ3n) is 3.42. The second kappa shape index (κ2) is 7.47. The number of nitrogens with one attached hydrogen (secondary N) is 1. The maximum absolute atomic E-state index is 12.2. The molecule has 0 bridgehead atoms. The molecule has 6 heteroatoms. The number of hydrogen-bond donors (Lipinski definition) is 1. The number of rotatable bonds is 5. The first-order valence-electron chi connectivity index (χ1n) is 7.29. The molecule has 0 spiro atoms. The van der Waals surface area contributed by atoms with E-state index in [0.717, 1.165) is 22.6 Å². The lowest BCUT2D eigenvalue weighted by Crippen LogP contribution is -2.14. The second-order valence-corrected chi connectivity index (χ2v) is 6.35. The van der Waals surface area contributed by atoms with Gasteiger partial charge >= 0.3 is 0 Å². The van der Waals surface area contributed by atoms with Gasteiger partial charge in [-0.2, -0.15) is 0 Å². The molecule has 0 saturated carbocycles. The number of aromatic nitrogens is 1. The third kappa shape index (κ3) is 3.93. The van der Waals surface area contributed by atoms with Crippen molar-refractivity contribution in [3.63, 3.8) is 0 Å². The second-order valence-electron chi connectivity index (χ2n) is 5.09. The van der Waals surface area contributed by atoms with E-state index in [9.17, 15) is 4.79 Å². The van der Waals surface area contributed by atoms with Crippen molar-refractivity contribution in [3.05, 3.63) is 64.5 Å². The predicted molar refractivity (Wildman–Crippen MR) is 97.9 cm³/mol. The summed E-state index contributed by atoms with van der Waals surface area (Å²) in [5, 5.41) is 5.86. The van der Waals surface area contributed by atoms with Crippen LogP contribution in [0.5, 0.6) is 5.75 Å². The summed E-state index contributed by atoms with van der Waals surface area (Å²) < 4.78 is 5.22. The van der Waals surface area contributed by atoms with E-state index < -0.39 is 0 Å². The lowest BCUT2D eigenvalue weighted by atomic mass is 10.1. The van der Waals surface area contributed by atoms with Gasteiger partial charge < -0.3 is 10.1 Å². The summed E-state index contributed by atoms with van der Waals surface area (Å²) in [6.45, 7) is 0. The first-order valence-corrected chi connectivity index (χ1v) is 8.54. The molecular weight excluding hydrogens is 344 g/mol. The number of thiazole rings is 1. The van der Waals surface area contributed by atoms with Crippen LogP contribution >= 0.6 is 22.9 Å². The molecule has 1 N–H and O–H groups in total. The average molecular weight is 359 g/mol. The van der Waals surface area contributed by atoms with Gasteiger partial charge in [-0.25, -0.2) is 4.98 Å². The molecule has 0 unspecified atom stereocenters. The SMILES string of the molecule is COc1cccc(-c2csc(NC(=O)Cc3ccccc3Cl)n2)c1. The van der Waals surface area contributed by atoms with Crippen molar-refractivity contribution in [2.75, 3.05) is 12.4 Å². The smallest absolute Gasteiger partial charge is 0.230 e. The molecule has 0 radical (unpaired) electrons. The highest BCUT2D eigenvalue weighted by atomic mass is 35.5. The minimum atomic E-state index is -0.144. The molecule has 1 heterocycles. The highest BCUT2D eigenvalue weighted by Crippen LogP contribution is 2.27. The summed E-state index contributed by atoms with van der Waals surface area (Å²) in [6.07, 6.45) is 0.216. The first kappa shape index (κ1) is 16.5. The maximum atomic E-state index is 12.2. The van der Waals surface area contributed by atoms with Crippen molar-refractivity contribution in [2.24, 2.45) is 0 Å². The van der Waals surface area contributed by atoms with Gasteiger partial charge in [0.05, 0.1) is 19.2 Å². The Bertz CT molecular complexity index is 863. The lowest BCUT2D eigenvalue weighted by molar-refractivity contribution is -0.115. The lowest BCUT2D eigenvalue weighted by Gasteiger charge is -2.04. The molecule has 0 saturated heterocycles. The first-order chi connectivity index (χ1) is 11.7. The van der Waals surface area contributed by atoms with Gasteiger partial charge in [0.15, 0.2) is 5.13 Å². The Kier molecular flexibility index (Phi) is 5.13. The van der Waals surface area contributed by atoms with Crippen molar-refractivity contribution >= 4 is 34.0 Å². The Balaban J connectivity index is 1.69. The number of ether oxygens (including phenoxy) is 1. The van der Waals surface area contributed by atoms with E-state index in [-0.39, 0.29) is 12.3 Å². The van der Waals surface area contributed by atoms with Gasteiger partial charge in [0, 0.05) is 16.0 Å². The zero-order chi connectivity index (χ0) is 16.9. The minimum absolute atomic E-state index is 0.144. The summed E-state index contributed by atoms with van der Waals surface area (Å²) in [6, 6.07) is 15.0. The molecule has 1 amide bonds. The molecular formula is C18H15ClN2O2S. The van der Waals surface area contributed by atoms with Crippen LogP contribution in [0.3, 0.4) is 0 Å². The van der Waals surface area contributed by atoms with Gasteiger partial charge in [0.1, 0.15) is 5.75 Å². The molecule has 1 aromatic heterocycles. The van der Waals surface area contributed by atoms with Crippen LogP contribution in [0, 0.1) is 0 Å². The number of amides is 1. The van der Waals surface area contributed by atoms with E-state index >= 15 is 0 Å². The third-order valence-corrected chi connectivity index (χ3v) is 4.55. The van der Waals surface area contributed by atoms with Crippen LogP contribution in [0.1, 0.15) is 5.56 Å². The molecule has 0 aliphatic rings. The van der Waals surface area contributed by atoms with Crippen molar-refractivity contribution in [2.45, 2.75) is 6.42 Å². The van der Waals surface area contributed by atoms with Crippen molar-refractivity contribution in [3.8, 4) is 17.0 Å². The largest absolute Gasteiger partial charge is 0.497 e. The maximum Gasteiger partial charge on any atom is 0.230 e. The van der Waals surface area contributed by atoms with E-state index in [1.54, 1.807) is 13.2 Å². The molecule has 0 fully saturated rings. The van der Waals surface area contributed by atoms with Gasteiger partial charge in [0.2, 0.25) is 5.91 Å². The van der Waals surface area contributed by atoms with Gasteiger partial charge in [-0.1, -0.05) is 41.9 Å². The van der Waals surface area contributed by atoms with E-state index in [1.165, 1.54) is 11.3 Å². The molecule has 0 aliphatic heterocycles. The zero-order valence-corrected chi connectivity index (χ0v) is 14.5.